The molecule has 1 N–H and O–H groups in total. The van der Waals surface area contributed by atoms with Crippen LogP contribution in [0.1, 0.15) is 25.0 Å². The molecule has 164 valence electrons. The molecule has 1 heterocycles. The molecule has 2 aromatic rings. The van der Waals surface area contributed by atoms with E-state index in [0.717, 1.165) is 10.5 Å². The number of halogens is 1. The predicted octanol–water partition coefficient (Wildman–Crippen LogP) is 4.09. The molecule has 1 saturated heterocycles. The summed E-state index contributed by atoms with van der Waals surface area (Å²) in [5, 5.41) is 2.24. The normalized spacial score (nSPS) is 14.9. The summed E-state index contributed by atoms with van der Waals surface area (Å²) in [6.45, 7) is 4.16. The number of benzene rings is 2. The Hall–Kier alpha value is -3.57. The van der Waals surface area contributed by atoms with Gasteiger partial charge in [0.05, 0.1) is 16.8 Å². The zero-order chi connectivity index (χ0) is 23.3. The molecule has 1 aliphatic heterocycles. The van der Waals surface area contributed by atoms with Gasteiger partial charge >= 0.3 is 6.03 Å². The average Bonchev–Trinajstić information content (AvgIpc) is 2.76. The molecule has 0 aliphatic carbocycles. The molecule has 0 aromatic heterocycles. The van der Waals surface area contributed by atoms with E-state index in [0.29, 0.717) is 40.3 Å². The SMILES string of the molecule is C#CCOc1c(Br)cc(/C=C2/C(=O)NC(=O)N(c3ccccc3CC)C2=O)cc1OCC. The molecule has 7 nitrogen and oxygen atoms in total. The van der Waals surface area contributed by atoms with Gasteiger partial charge in [-0.3, -0.25) is 14.9 Å². The third-order valence-corrected chi connectivity index (χ3v) is 5.25. The molecule has 3 rings (SSSR count). The summed E-state index contributed by atoms with van der Waals surface area (Å²) in [5.41, 5.74) is 1.57. The number of nitrogens with zero attached hydrogens (tertiary/aromatic N) is 1. The van der Waals surface area contributed by atoms with Crippen LogP contribution in [0.4, 0.5) is 10.5 Å². The van der Waals surface area contributed by atoms with Gasteiger partial charge in [0.25, 0.3) is 11.8 Å². The molecule has 32 heavy (non-hydrogen) atoms. The van der Waals surface area contributed by atoms with E-state index in [4.69, 9.17) is 15.9 Å². The van der Waals surface area contributed by atoms with Crippen LogP contribution in [0.2, 0.25) is 0 Å². The van der Waals surface area contributed by atoms with Crippen LogP contribution < -0.4 is 19.7 Å². The van der Waals surface area contributed by atoms with Gasteiger partial charge in [0.2, 0.25) is 0 Å². The highest BCUT2D eigenvalue weighted by molar-refractivity contribution is 9.10. The highest BCUT2D eigenvalue weighted by Gasteiger charge is 2.37. The van der Waals surface area contributed by atoms with Gasteiger partial charge in [-0.25, -0.2) is 9.69 Å². The first-order valence-electron chi connectivity index (χ1n) is 9.93. The smallest absolute Gasteiger partial charge is 0.335 e. The standard InChI is InChI=1S/C24H21BrN2O5/c1-4-11-32-21-18(25)13-15(14-20(21)31-6-3)12-17-22(28)26-24(30)27(23(17)29)19-10-8-7-9-16(19)5-2/h1,7-10,12-14H,5-6,11H2,2-3H3,(H,26,28,30)/b17-12-. The van der Waals surface area contributed by atoms with Gasteiger partial charge in [0, 0.05) is 0 Å². The van der Waals surface area contributed by atoms with Crippen molar-refractivity contribution >= 4 is 45.5 Å². The van der Waals surface area contributed by atoms with E-state index in [2.05, 4.69) is 27.2 Å². The lowest BCUT2D eigenvalue weighted by atomic mass is 10.0. The van der Waals surface area contributed by atoms with Crippen LogP contribution in [0.5, 0.6) is 11.5 Å². The van der Waals surface area contributed by atoms with Gasteiger partial charge in [0.15, 0.2) is 11.5 Å². The fraction of sp³-hybridized carbons (Fsp3) is 0.208. The zero-order valence-corrected chi connectivity index (χ0v) is 19.2. The Labute approximate surface area is 194 Å². The summed E-state index contributed by atoms with van der Waals surface area (Å²) in [6, 6.07) is 9.58. The summed E-state index contributed by atoms with van der Waals surface area (Å²) in [6.07, 6.45) is 7.29. The molecule has 0 bridgehead atoms. The first-order chi connectivity index (χ1) is 15.4. The topological polar surface area (TPSA) is 84.9 Å². The van der Waals surface area contributed by atoms with Gasteiger partial charge in [-0.05, 0) is 64.7 Å². The number of rotatable bonds is 7. The molecular formula is C24H21BrN2O5. The molecule has 2 aromatic carbocycles. The van der Waals surface area contributed by atoms with Crippen LogP contribution >= 0.6 is 15.9 Å². The minimum Gasteiger partial charge on any atom is -0.490 e. The monoisotopic (exact) mass is 496 g/mol. The largest absolute Gasteiger partial charge is 0.490 e. The second-order valence-electron chi connectivity index (χ2n) is 6.70. The maximum Gasteiger partial charge on any atom is 0.335 e. The maximum absolute atomic E-state index is 13.2. The third-order valence-electron chi connectivity index (χ3n) is 4.66. The number of anilines is 1. The fourth-order valence-corrected chi connectivity index (χ4v) is 3.83. The fourth-order valence-electron chi connectivity index (χ4n) is 3.26. The van der Waals surface area contributed by atoms with Gasteiger partial charge < -0.3 is 9.47 Å². The van der Waals surface area contributed by atoms with E-state index in [9.17, 15) is 14.4 Å². The van der Waals surface area contributed by atoms with Crippen molar-refractivity contribution in [1.29, 1.82) is 0 Å². The van der Waals surface area contributed by atoms with Crippen molar-refractivity contribution in [2.45, 2.75) is 20.3 Å². The van der Waals surface area contributed by atoms with E-state index >= 15 is 0 Å². The maximum atomic E-state index is 13.2. The van der Waals surface area contributed by atoms with Crippen LogP contribution in [0.25, 0.3) is 6.08 Å². The number of terminal acetylenes is 1. The first kappa shape index (κ1) is 23.1. The number of nitrogens with one attached hydrogen (secondary N) is 1. The average molecular weight is 497 g/mol. The lowest BCUT2D eigenvalue weighted by Crippen LogP contribution is -2.54. The van der Waals surface area contributed by atoms with Crippen LogP contribution in [-0.2, 0) is 16.0 Å². The van der Waals surface area contributed by atoms with Crippen LogP contribution in [-0.4, -0.2) is 31.1 Å². The second-order valence-corrected chi connectivity index (χ2v) is 7.55. The molecule has 1 fully saturated rings. The summed E-state index contributed by atoms with van der Waals surface area (Å²) in [7, 11) is 0. The minimum absolute atomic E-state index is 0.0495. The van der Waals surface area contributed by atoms with Gasteiger partial charge in [-0.1, -0.05) is 31.0 Å². The Balaban J connectivity index is 2.05. The number of urea groups is 1. The number of carbonyl (C=O) groups is 3. The Morgan fingerprint density at radius 2 is 1.91 bits per heavy atom. The van der Waals surface area contributed by atoms with Crippen molar-refractivity contribution in [2.24, 2.45) is 0 Å². The Morgan fingerprint density at radius 1 is 1.16 bits per heavy atom. The van der Waals surface area contributed by atoms with Crippen molar-refractivity contribution in [1.82, 2.24) is 5.32 Å². The van der Waals surface area contributed by atoms with Crippen molar-refractivity contribution < 1.29 is 23.9 Å². The Kier molecular flexibility index (Phi) is 7.33. The molecule has 0 spiro atoms. The molecule has 0 radical (unpaired) electrons. The van der Waals surface area contributed by atoms with Crippen LogP contribution in [0.15, 0.2) is 46.4 Å². The molecule has 4 amide bonds. The second kappa shape index (κ2) is 10.2. The Bertz CT molecular complexity index is 1150. The quantitative estimate of drug-likeness (QED) is 0.354. The summed E-state index contributed by atoms with van der Waals surface area (Å²) in [4.78, 5) is 39.2. The van der Waals surface area contributed by atoms with Gasteiger partial charge in [-0.2, -0.15) is 0 Å². The van der Waals surface area contributed by atoms with Gasteiger partial charge in [0.1, 0.15) is 12.2 Å². The molecular weight excluding hydrogens is 476 g/mol. The van der Waals surface area contributed by atoms with Crippen LogP contribution in [0, 0.1) is 12.3 Å². The molecule has 0 unspecified atom stereocenters. The highest BCUT2D eigenvalue weighted by Crippen LogP contribution is 2.38. The van der Waals surface area contributed by atoms with Crippen LogP contribution in [0.3, 0.4) is 0 Å². The van der Waals surface area contributed by atoms with E-state index < -0.39 is 17.8 Å². The number of aryl methyl sites for hydroxylation is 1. The highest BCUT2D eigenvalue weighted by atomic mass is 79.9. The van der Waals surface area contributed by atoms with E-state index in [1.165, 1.54) is 6.08 Å². The zero-order valence-electron chi connectivity index (χ0n) is 17.6. The van der Waals surface area contributed by atoms with Gasteiger partial charge in [-0.15, -0.1) is 6.42 Å². The van der Waals surface area contributed by atoms with Crippen molar-refractivity contribution in [3.63, 3.8) is 0 Å². The summed E-state index contributed by atoms with van der Waals surface area (Å²) < 4.78 is 11.7. The Morgan fingerprint density at radius 3 is 2.59 bits per heavy atom. The number of amides is 4. The minimum atomic E-state index is -0.785. The molecule has 8 heteroatoms. The number of hydrogen-bond donors (Lipinski definition) is 1. The summed E-state index contributed by atoms with van der Waals surface area (Å²) in [5.74, 6) is 1.73. The lowest BCUT2D eigenvalue weighted by Gasteiger charge is -2.28. The molecule has 0 saturated carbocycles. The van der Waals surface area contributed by atoms with E-state index in [1.807, 2.05) is 26.0 Å². The molecule has 0 atom stereocenters. The third kappa shape index (κ3) is 4.68. The van der Waals surface area contributed by atoms with Crippen molar-refractivity contribution in [3.05, 3.63) is 57.6 Å². The number of hydrogen-bond acceptors (Lipinski definition) is 5. The first-order valence-corrected chi connectivity index (χ1v) is 10.7. The number of ether oxygens (including phenoxy) is 2. The van der Waals surface area contributed by atoms with E-state index in [-0.39, 0.29) is 12.2 Å². The number of imide groups is 2. The number of para-hydroxylation sites is 1. The van der Waals surface area contributed by atoms with Crippen molar-refractivity contribution in [2.75, 3.05) is 18.1 Å². The van der Waals surface area contributed by atoms with E-state index in [1.54, 1.807) is 24.3 Å². The van der Waals surface area contributed by atoms with Crippen molar-refractivity contribution in [3.8, 4) is 23.8 Å². The number of barbiturate groups is 1. The number of carbonyl (C=O) groups excluding carboxylic acids is 3. The molecule has 1 aliphatic rings. The lowest BCUT2D eigenvalue weighted by molar-refractivity contribution is -0.122. The summed E-state index contributed by atoms with van der Waals surface area (Å²) >= 11 is 3.42. The predicted molar refractivity (Wildman–Crippen MR) is 124 cm³/mol.